The highest BCUT2D eigenvalue weighted by molar-refractivity contribution is 5.32. The topological polar surface area (TPSA) is 33.0 Å². The maximum absolute atomic E-state index is 12.1. The number of alkyl halides is 3. The van der Waals surface area contributed by atoms with Gasteiger partial charge in [0, 0.05) is 0 Å². The van der Waals surface area contributed by atoms with Gasteiger partial charge in [-0.15, -0.1) is 0 Å². The van der Waals surface area contributed by atoms with Crippen LogP contribution in [-0.2, 0) is 0 Å². The third-order valence-corrected chi connectivity index (χ3v) is 2.11. The molecule has 1 rings (SSSR count). The lowest BCUT2D eigenvalue weighted by Gasteiger charge is -2.12. The highest BCUT2D eigenvalue weighted by Crippen LogP contribution is 2.31. The van der Waals surface area contributed by atoms with Gasteiger partial charge < -0.3 is 4.74 Å². The van der Waals surface area contributed by atoms with Crippen molar-refractivity contribution < 1.29 is 17.9 Å². The summed E-state index contributed by atoms with van der Waals surface area (Å²) in [6, 6.07) is 7.67. The van der Waals surface area contributed by atoms with Crippen LogP contribution in [0.2, 0.25) is 0 Å². The molecule has 0 saturated carbocycles. The molecule has 16 heavy (non-hydrogen) atoms. The normalized spacial score (nSPS) is 12.9. The molecule has 1 aromatic rings. The molecule has 1 aromatic carbocycles. The Morgan fingerprint density at radius 3 is 2.25 bits per heavy atom. The van der Waals surface area contributed by atoms with E-state index in [9.17, 15) is 13.2 Å². The Labute approximate surface area is 91.3 Å². The fraction of sp³-hybridized carbons (Fsp3) is 0.364. The summed E-state index contributed by atoms with van der Waals surface area (Å²) in [7, 11) is 1.46. The number of hydrogen-bond donors (Lipinski definition) is 0. The zero-order valence-electron chi connectivity index (χ0n) is 8.58. The molecule has 0 spiro atoms. The molecule has 0 aliphatic heterocycles. The fourth-order valence-electron chi connectivity index (χ4n) is 1.31. The number of rotatable bonds is 3. The van der Waals surface area contributed by atoms with E-state index in [0.29, 0.717) is 11.3 Å². The molecular weight excluding hydrogens is 219 g/mol. The first kappa shape index (κ1) is 12.4. The van der Waals surface area contributed by atoms with Gasteiger partial charge in [0.2, 0.25) is 0 Å². The van der Waals surface area contributed by atoms with E-state index in [0.717, 1.165) is 0 Å². The third-order valence-electron chi connectivity index (χ3n) is 2.11. The number of halogens is 3. The SMILES string of the molecule is COc1ccc(C(C#N)CC(F)(F)F)cc1. The fourth-order valence-corrected chi connectivity index (χ4v) is 1.31. The molecule has 0 aromatic heterocycles. The van der Waals surface area contributed by atoms with E-state index in [4.69, 9.17) is 10.00 Å². The van der Waals surface area contributed by atoms with Gasteiger partial charge in [-0.1, -0.05) is 12.1 Å². The van der Waals surface area contributed by atoms with Gasteiger partial charge in [0.25, 0.3) is 0 Å². The summed E-state index contributed by atoms with van der Waals surface area (Å²) in [6.07, 6.45) is -5.46. The Kier molecular flexibility index (Phi) is 3.78. The van der Waals surface area contributed by atoms with Crippen LogP contribution in [0.25, 0.3) is 0 Å². The summed E-state index contributed by atoms with van der Waals surface area (Å²) in [5, 5.41) is 8.69. The number of methoxy groups -OCH3 is 1. The van der Waals surface area contributed by atoms with Gasteiger partial charge in [0.05, 0.1) is 25.5 Å². The van der Waals surface area contributed by atoms with E-state index in [2.05, 4.69) is 0 Å². The van der Waals surface area contributed by atoms with Gasteiger partial charge in [-0.25, -0.2) is 0 Å². The number of nitrogens with zero attached hydrogens (tertiary/aromatic N) is 1. The van der Waals surface area contributed by atoms with E-state index in [1.54, 1.807) is 6.07 Å². The van der Waals surface area contributed by atoms with Crippen LogP contribution in [0.5, 0.6) is 5.75 Å². The van der Waals surface area contributed by atoms with Crippen LogP contribution >= 0.6 is 0 Å². The van der Waals surface area contributed by atoms with Crippen molar-refractivity contribution in [2.45, 2.75) is 18.5 Å². The second-order valence-corrected chi connectivity index (χ2v) is 3.27. The van der Waals surface area contributed by atoms with Gasteiger partial charge in [-0.2, -0.15) is 18.4 Å². The minimum absolute atomic E-state index is 0.348. The van der Waals surface area contributed by atoms with E-state index < -0.39 is 18.5 Å². The van der Waals surface area contributed by atoms with Crippen molar-refractivity contribution in [2.24, 2.45) is 0 Å². The minimum Gasteiger partial charge on any atom is -0.497 e. The van der Waals surface area contributed by atoms with Crippen molar-refractivity contribution in [3.05, 3.63) is 29.8 Å². The lowest BCUT2D eigenvalue weighted by atomic mass is 9.97. The van der Waals surface area contributed by atoms with Gasteiger partial charge in [0.15, 0.2) is 0 Å². The first-order valence-electron chi connectivity index (χ1n) is 4.56. The van der Waals surface area contributed by atoms with Gasteiger partial charge in [-0.3, -0.25) is 0 Å². The molecule has 0 aliphatic rings. The average Bonchev–Trinajstić information content (AvgIpc) is 2.25. The summed E-state index contributed by atoms with van der Waals surface area (Å²) in [6.45, 7) is 0. The van der Waals surface area contributed by atoms with Gasteiger partial charge in [0.1, 0.15) is 5.75 Å². The first-order chi connectivity index (χ1) is 7.46. The molecule has 0 amide bonds. The number of ether oxygens (including phenoxy) is 1. The quantitative estimate of drug-likeness (QED) is 0.796. The average molecular weight is 229 g/mol. The summed E-state index contributed by atoms with van der Waals surface area (Å²) < 4.78 is 41.3. The van der Waals surface area contributed by atoms with Crippen molar-refractivity contribution in [1.82, 2.24) is 0 Å². The summed E-state index contributed by atoms with van der Waals surface area (Å²) in [5.41, 5.74) is 0.348. The Bertz CT molecular complexity index is 378. The molecule has 1 unspecified atom stereocenters. The lowest BCUT2D eigenvalue weighted by Crippen LogP contribution is -2.12. The van der Waals surface area contributed by atoms with Gasteiger partial charge in [-0.05, 0) is 17.7 Å². The smallest absolute Gasteiger partial charge is 0.390 e. The van der Waals surface area contributed by atoms with Gasteiger partial charge >= 0.3 is 6.18 Å². The van der Waals surface area contributed by atoms with E-state index >= 15 is 0 Å². The maximum Gasteiger partial charge on any atom is 0.390 e. The minimum atomic E-state index is -4.33. The van der Waals surface area contributed by atoms with Crippen LogP contribution in [0, 0.1) is 11.3 Å². The molecule has 0 saturated heterocycles. The maximum atomic E-state index is 12.1. The molecular formula is C11H10F3NO. The first-order valence-corrected chi connectivity index (χ1v) is 4.56. The summed E-state index contributed by atoms with van der Waals surface area (Å²) in [5.74, 6) is -0.613. The highest BCUT2D eigenvalue weighted by Gasteiger charge is 2.32. The Morgan fingerprint density at radius 2 is 1.88 bits per heavy atom. The molecule has 0 fully saturated rings. The van der Waals surface area contributed by atoms with Crippen LogP contribution in [-0.4, -0.2) is 13.3 Å². The molecule has 0 heterocycles. The predicted octanol–water partition coefficient (Wildman–Crippen LogP) is 3.25. The third kappa shape index (κ3) is 3.46. The van der Waals surface area contributed by atoms with Crippen LogP contribution in [0.1, 0.15) is 17.9 Å². The van der Waals surface area contributed by atoms with E-state index in [1.165, 1.54) is 31.4 Å². The number of benzene rings is 1. The molecule has 0 N–H and O–H groups in total. The van der Waals surface area contributed by atoms with E-state index in [1.807, 2.05) is 0 Å². The zero-order chi connectivity index (χ0) is 12.2. The van der Waals surface area contributed by atoms with Crippen molar-refractivity contribution in [1.29, 1.82) is 5.26 Å². The van der Waals surface area contributed by atoms with Crippen LogP contribution in [0.4, 0.5) is 13.2 Å². The number of hydrogen-bond acceptors (Lipinski definition) is 2. The Hall–Kier alpha value is -1.70. The predicted molar refractivity (Wildman–Crippen MR) is 52.0 cm³/mol. The van der Waals surface area contributed by atoms with Crippen LogP contribution in [0.15, 0.2) is 24.3 Å². The number of nitriles is 1. The summed E-state index contributed by atoms with van der Waals surface area (Å²) >= 11 is 0. The van der Waals surface area contributed by atoms with Crippen LogP contribution < -0.4 is 4.74 Å². The molecule has 1 atom stereocenters. The second kappa shape index (κ2) is 4.88. The van der Waals surface area contributed by atoms with Crippen LogP contribution in [0.3, 0.4) is 0 Å². The molecule has 0 aliphatic carbocycles. The Balaban J connectivity index is 2.84. The molecule has 0 bridgehead atoms. The summed E-state index contributed by atoms with van der Waals surface area (Å²) in [4.78, 5) is 0. The van der Waals surface area contributed by atoms with Crippen molar-refractivity contribution in [3.8, 4) is 11.8 Å². The molecule has 0 radical (unpaired) electrons. The van der Waals surface area contributed by atoms with E-state index in [-0.39, 0.29) is 0 Å². The standard InChI is InChI=1S/C11H10F3NO/c1-16-10-4-2-8(3-5-10)9(7-15)6-11(12,13)14/h2-5,9H,6H2,1H3. The zero-order valence-corrected chi connectivity index (χ0v) is 8.58. The molecule has 2 nitrogen and oxygen atoms in total. The van der Waals surface area contributed by atoms with Crippen molar-refractivity contribution >= 4 is 0 Å². The molecule has 86 valence electrons. The molecule has 5 heteroatoms. The largest absolute Gasteiger partial charge is 0.497 e. The monoisotopic (exact) mass is 229 g/mol. The Morgan fingerprint density at radius 1 is 1.31 bits per heavy atom. The highest BCUT2D eigenvalue weighted by atomic mass is 19.4. The van der Waals surface area contributed by atoms with Crippen molar-refractivity contribution in [3.63, 3.8) is 0 Å². The lowest BCUT2D eigenvalue weighted by molar-refractivity contribution is -0.136. The second-order valence-electron chi connectivity index (χ2n) is 3.27. The van der Waals surface area contributed by atoms with Crippen molar-refractivity contribution in [2.75, 3.05) is 7.11 Å².